The molecule has 0 aliphatic rings. The van der Waals surface area contributed by atoms with E-state index in [4.69, 9.17) is 16.1 Å². The number of nitrogens with zero attached hydrogens (tertiary/aromatic N) is 6. The number of amidine groups is 1. The quantitative estimate of drug-likeness (QED) is 0.0548. The largest absolute Gasteiger partial charge is 0.409 e. The minimum atomic E-state index is -0.325. The molecule has 8 aromatic rings. The molecule has 0 amide bonds. The number of fused-ring (bicyclic) bond motifs is 2. The number of hydrogen-bond donors (Lipinski definition) is 4. The summed E-state index contributed by atoms with van der Waals surface area (Å²) < 4.78 is 3.41. The summed E-state index contributed by atoms with van der Waals surface area (Å²) in [5.41, 5.74) is 11.5. The highest BCUT2D eigenvalue weighted by molar-refractivity contribution is 6.00. The van der Waals surface area contributed by atoms with Crippen LogP contribution in [0.15, 0.2) is 172 Å². The van der Waals surface area contributed by atoms with Crippen molar-refractivity contribution in [2.45, 2.75) is 25.9 Å². The maximum atomic E-state index is 13.6. The van der Waals surface area contributed by atoms with Crippen LogP contribution in [0.4, 0.5) is 0 Å². The number of aromatic nitrogens is 4. The third kappa shape index (κ3) is 9.09. The van der Waals surface area contributed by atoms with Crippen molar-refractivity contribution in [2.24, 2.45) is 16.8 Å². The minimum Gasteiger partial charge on any atom is -0.409 e. The van der Waals surface area contributed by atoms with E-state index in [1.54, 1.807) is 45.5 Å². The predicted molar refractivity (Wildman–Crippen MR) is 232 cm³/mol. The number of nitriles is 1. The SMILES string of the molecule is Cc1nc2ccc(/C(N)=N\O)cc2c(=O)n1C(c1ccccc1)c1ccccc1.Cc1nc2ccc(C#N)cc2c(=O)n1C(c1ccccc1)c1ccccc1.Cl.NO. The van der Waals surface area contributed by atoms with Crippen LogP contribution in [-0.4, -0.2) is 35.4 Å². The molecule has 8 rings (SSSR count). The second-order valence-corrected chi connectivity index (χ2v) is 13.2. The first kappa shape index (κ1) is 42.7. The molecule has 6 aromatic carbocycles. The third-order valence-electron chi connectivity index (χ3n) is 9.66. The first-order valence-electron chi connectivity index (χ1n) is 18.2. The Labute approximate surface area is 346 Å². The second kappa shape index (κ2) is 19.6. The molecule has 0 radical (unpaired) electrons. The van der Waals surface area contributed by atoms with Crippen LogP contribution < -0.4 is 22.7 Å². The van der Waals surface area contributed by atoms with Gasteiger partial charge in [0.2, 0.25) is 0 Å². The van der Waals surface area contributed by atoms with Crippen LogP contribution in [0.1, 0.15) is 57.1 Å². The summed E-state index contributed by atoms with van der Waals surface area (Å²) in [7, 11) is 0. The van der Waals surface area contributed by atoms with Crippen molar-refractivity contribution in [3.63, 3.8) is 0 Å². The van der Waals surface area contributed by atoms with Crippen molar-refractivity contribution < 1.29 is 10.4 Å². The van der Waals surface area contributed by atoms with Gasteiger partial charge in [0, 0.05) is 5.56 Å². The summed E-state index contributed by atoms with van der Waals surface area (Å²) in [5.74, 6) is 4.69. The molecule has 0 aliphatic carbocycles. The van der Waals surface area contributed by atoms with Crippen LogP contribution in [0.25, 0.3) is 21.8 Å². The van der Waals surface area contributed by atoms with Crippen molar-refractivity contribution in [1.82, 2.24) is 19.1 Å². The van der Waals surface area contributed by atoms with Crippen LogP contribution in [0.5, 0.6) is 0 Å². The number of hydrogen-bond acceptors (Lipinski definition) is 9. The summed E-state index contributed by atoms with van der Waals surface area (Å²) in [6, 6.07) is 51.1. The number of benzene rings is 6. The highest BCUT2D eigenvalue weighted by atomic mass is 35.5. The lowest BCUT2D eigenvalue weighted by molar-refractivity contribution is 0.311. The number of nitrogens with two attached hydrogens (primary N) is 2. The minimum absolute atomic E-state index is 0. The summed E-state index contributed by atoms with van der Waals surface area (Å²) in [5, 5.41) is 28.6. The first-order chi connectivity index (χ1) is 28.3. The van der Waals surface area contributed by atoms with Crippen LogP contribution in [0.3, 0.4) is 0 Å². The lowest BCUT2D eigenvalue weighted by Gasteiger charge is -2.23. The fourth-order valence-corrected chi connectivity index (χ4v) is 7.04. The molecule has 0 fully saturated rings. The van der Waals surface area contributed by atoms with Gasteiger partial charge in [0.05, 0.1) is 45.5 Å². The Morgan fingerprint density at radius 2 is 0.966 bits per heavy atom. The molecule has 0 bridgehead atoms. The molecule has 0 unspecified atom stereocenters. The molecule has 0 saturated carbocycles. The van der Waals surface area contributed by atoms with E-state index < -0.39 is 0 Å². The van der Waals surface area contributed by atoms with Crippen molar-refractivity contribution in [1.29, 1.82) is 5.26 Å². The normalized spacial score (nSPS) is 10.9. The molecule has 0 saturated heterocycles. The Balaban J connectivity index is 0.000000212. The summed E-state index contributed by atoms with van der Waals surface area (Å²) in [6.07, 6.45) is 0. The molecule has 296 valence electrons. The zero-order valence-electron chi connectivity index (χ0n) is 32.1. The molecule has 0 aliphatic heterocycles. The van der Waals surface area contributed by atoms with E-state index in [0.29, 0.717) is 44.6 Å². The van der Waals surface area contributed by atoms with Gasteiger partial charge < -0.3 is 16.1 Å². The zero-order valence-corrected chi connectivity index (χ0v) is 32.9. The Morgan fingerprint density at radius 1 is 0.610 bits per heavy atom. The van der Waals surface area contributed by atoms with Crippen LogP contribution in [0.2, 0.25) is 0 Å². The Kier molecular flexibility index (Phi) is 14.2. The average molecular weight is 805 g/mol. The Bertz CT molecular complexity index is 2790. The van der Waals surface area contributed by atoms with Gasteiger partial charge in [-0.05, 0) is 72.5 Å². The number of halogens is 1. The lowest BCUT2D eigenvalue weighted by atomic mass is 9.98. The molecule has 13 heteroatoms. The fourth-order valence-electron chi connectivity index (χ4n) is 7.04. The fraction of sp³-hybridized carbons (Fsp3) is 0.0870. The van der Waals surface area contributed by atoms with E-state index >= 15 is 0 Å². The number of rotatable bonds is 7. The Morgan fingerprint density at radius 3 is 1.32 bits per heavy atom. The molecule has 2 aromatic heterocycles. The number of aryl methyl sites for hydroxylation is 2. The van der Waals surface area contributed by atoms with Crippen LogP contribution >= 0.6 is 12.4 Å². The van der Waals surface area contributed by atoms with Gasteiger partial charge in [-0.1, -0.05) is 126 Å². The summed E-state index contributed by atoms with van der Waals surface area (Å²) >= 11 is 0. The van der Waals surface area contributed by atoms with Crippen molar-refractivity contribution in [2.75, 3.05) is 0 Å². The van der Waals surface area contributed by atoms with Crippen molar-refractivity contribution in [3.8, 4) is 6.07 Å². The smallest absolute Gasteiger partial charge is 0.262 e. The summed E-state index contributed by atoms with van der Waals surface area (Å²) in [4.78, 5) is 36.3. The topological polar surface area (TPSA) is 198 Å². The van der Waals surface area contributed by atoms with Gasteiger partial charge in [-0.2, -0.15) is 5.26 Å². The standard InChI is InChI=1S/C23H20N4O2.C23H17N3O.ClH.H3NO/c1-15-25-20-13-12-18(22(24)26-29)14-19(20)23(28)27(15)21(16-8-4-2-5-9-16)17-10-6-3-7-11-17;1-16-25-21-13-12-17(15-24)14-20(21)23(27)26(16)22(18-8-4-2-5-9-18)19-10-6-3-7-11-19;;1-2/h2-14,21,29H,1H3,(H2,24,26);2-14,22H,1H3;1H;2H,1H2. The van der Waals surface area contributed by atoms with Gasteiger partial charge in [0.25, 0.3) is 11.1 Å². The molecule has 59 heavy (non-hydrogen) atoms. The maximum Gasteiger partial charge on any atom is 0.262 e. The van der Waals surface area contributed by atoms with Crippen LogP contribution in [0, 0.1) is 25.2 Å². The molecule has 6 N–H and O–H groups in total. The van der Waals surface area contributed by atoms with Crippen molar-refractivity contribution in [3.05, 3.63) is 223 Å². The lowest BCUT2D eigenvalue weighted by Crippen LogP contribution is -2.29. The third-order valence-corrected chi connectivity index (χ3v) is 9.66. The molecule has 0 atom stereocenters. The van der Waals surface area contributed by atoms with Gasteiger partial charge in [-0.15, -0.1) is 12.4 Å². The molecular weight excluding hydrogens is 764 g/mol. The van der Waals surface area contributed by atoms with Gasteiger partial charge in [0.15, 0.2) is 5.84 Å². The van der Waals surface area contributed by atoms with E-state index in [2.05, 4.69) is 27.1 Å². The van der Waals surface area contributed by atoms with Gasteiger partial charge in [0.1, 0.15) is 11.6 Å². The predicted octanol–water partition coefficient (Wildman–Crippen LogP) is 7.41. The molecule has 12 nitrogen and oxygen atoms in total. The first-order valence-corrected chi connectivity index (χ1v) is 18.2. The second-order valence-electron chi connectivity index (χ2n) is 13.2. The van der Waals surface area contributed by atoms with E-state index in [9.17, 15) is 14.9 Å². The zero-order chi connectivity index (χ0) is 41.2. The van der Waals surface area contributed by atoms with Crippen LogP contribution in [-0.2, 0) is 0 Å². The van der Waals surface area contributed by atoms with E-state index in [-0.39, 0.29) is 41.4 Å². The van der Waals surface area contributed by atoms with Crippen molar-refractivity contribution >= 4 is 40.0 Å². The monoisotopic (exact) mass is 804 g/mol. The molecular formula is C46H41ClN8O4. The van der Waals surface area contributed by atoms with Gasteiger partial charge in [-0.25, -0.2) is 15.9 Å². The maximum absolute atomic E-state index is 13.6. The van der Waals surface area contributed by atoms with E-state index in [1.165, 1.54) is 0 Å². The molecule has 2 heterocycles. The molecule has 0 spiro atoms. The highest BCUT2D eigenvalue weighted by Crippen LogP contribution is 2.29. The number of oxime groups is 1. The average Bonchev–Trinajstić information content (AvgIpc) is 3.28. The van der Waals surface area contributed by atoms with E-state index in [0.717, 1.165) is 22.3 Å². The summed E-state index contributed by atoms with van der Waals surface area (Å²) in [6.45, 7) is 3.68. The van der Waals surface area contributed by atoms with Gasteiger partial charge in [-0.3, -0.25) is 18.7 Å². The highest BCUT2D eigenvalue weighted by Gasteiger charge is 2.23. The van der Waals surface area contributed by atoms with Gasteiger partial charge >= 0.3 is 0 Å². The Hall–Kier alpha value is -7.43. The van der Waals surface area contributed by atoms with E-state index in [1.807, 2.05) is 135 Å².